The molecule has 2 unspecified atom stereocenters. The lowest BCUT2D eigenvalue weighted by molar-refractivity contribution is -0.147. The highest BCUT2D eigenvalue weighted by Gasteiger charge is 2.41. The van der Waals surface area contributed by atoms with E-state index >= 15 is 0 Å². The number of ether oxygens (including phenoxy) is 2. The van der Waals surface area contributed by atoms with Crippen LogP contribution >= 0.6 is 0 Å². The smallest absolute Gasteiger partial charge is 0.164 e. The summed E-state index contributed by atoms with van der Waals surface area (Å²) >= 11 is 0. The first-order valence-electron chi connectivity index (χ1n) is 7.03. The molecule has 0 N–H and O–H groups in total. The number of benzene rings is 1. The van der Waals surface area contributed by atoms with E-state index < -0.39 is 5.79 Å². The van der Waals surface area contributed by atoms with Gasteiger partial charge in [-0.25, -0.2) is 0 Å². The molecule has 2 atom stereocenters. The van der Waals surface area contributed by atoms with E-state index in [9.17, 15) is 0 Å². The Bertz CT molecular complexity index is 359. The first-order chi connectivity index (χ1) is 8.62. The van der Waals surface area contributed by atoms with Crippen molar-refractivity contribution in [1.29, 1.82) is 0 Å². The summed E-state index contributed by atoms with van der Waals surface area (Å²) in [4.78, 5) is 0. The van der Waals surface area contributed by atoms with Crippen LogP contribution in [0, 0.1) is 0 Å². The summed E-state index contributed by atoms with van der Waals surface area (Å²) in [5, 5.41) is 0. The molecule has 0 saturated carbocycles. The number of rotatable bonds is 5. The fourth-order valence-corrected chi connectivity index (χ4v) is 2.57. The zero-order valence-corrected chi connectivity index (χ0v) is 11.7. The highest BCUT2D eigenvalue weighted by molar-refractivity contribution is 5.19. The molecular weight excluding hydrogens is 224 g/mol. The van der Waals surface area contributed by atoms with Gasteiger partial charge in [-0.15, -0.1) is 0 Å². The Kier molecular flexibility index (Phi) is 4.41. The zero-order chi connectivity index (χ0) is 13.0. The minimum atomic E-state index is -0.461. The van der Waals surface area contributed by atoms with Crippen LogP contribution in [0.5, 0.6) is 0 Å². The van der Waals surface area contributed by atoms with Crippen molar-refractivity contribution in [3.05, 3.63) is 35.9 Å². The van der Waals surface area contributed by atoms with E-state index in [0.717, 1.165) is 6.42 Å². The monoisotopic (exact) mass is 248 g/mol. The minimum Gasteiger partial charge on any atom is -0.344 e. The molecule has 1 aliphatic rings. The lowest BCUT2D eigenvalue weighted by atomic mass is 10.00. The maximum Gasteiger partial charge on any atom is 0.164 e. The van der Waals surface area contributed by atoms with Crippen molar-refractivity contribution in [1.82, 2.24) is 0 Å². The largest absolute Gasteiger partial charge is 0.344 e. The van der Waals surface area contributed by atoms with Gasteiger partial charge in [0.1, 0.15) is 6.10 Å². The van der Waals surface area contributed by atoms with Gasteiger partial charge in [0.25, 0.3) is 0 Å². The molecule has 2 nitrogen and oxygen atoms in total. The lowest BCUT2D eigenvalue weighted by Gasteiger charge is -2.17. The molecule has 1 aromatic rings. The number of hydrogen-bond acceptors (Lipinski definition) is 2. The van der Waals surface area contributed by atoms with Crippen LogP contribution in [0.1, 0.15) is 58.1 Å². The van der Waals surface area contributed by atoms with E-state index in [1.807, 2.05) is 19.9 Å². The molecule has 0 spiro atoms. The molecule has 0 bridgehead atoms. The van der Waals surface area contributed by atoms with Gasteiger partial charge in [-0.3, -0.25) is 0 Å². The number of unbranched alkanes of at least 4 members (excludes halogenated alkanes) is 2. The molecule has 1 aromatic carbocycles. The first kappa shape index (κ1) is 13.6. The molecule has 100 valence electrons. The average Bonchev–Trinajstić information content (AvgIpc) is 2.66. The third-order valence-corrected chi connectivity index (χ3v) is 3.40. The van der Waals surface area contributed by atoms with Crippen LogP contribution in [0.15, 0.2) is 30.3 Å². The summed E-state index contributed by atoms with van der Waals surface area (Å²) in [5.41, 5.74) is 1.23. The van der Waals surface area contributed by atoms with Crippen molar-refractivity contribution in [2.75, 3.05) is 0 Å². The van der Waals surface area contributed by atoms with Crippen molar-refractivity contribution >= 4 is 0 Å². The highest BCUT2D eigenvalue weighted by Crippen LogP contribution is 2.40. The molecule has 18 heavy (non-hydrogen) atoms. The maximum absolute atomic E-state index is 6.06. The Morgan fingerprint density at radius 2 is 1.78 bits per heavy atom. The van der Waals surface area contributed by atoms with E-state index in [4.69, 9.17) is 9.47 Å². The third kappa shape index (κ3) is 3.33. The minimum absolute atomic E-state index is 0.0815. The molecule has 2 heteroatoms. The maximum atomic E-state index is 6.06. The van der Waals surface area contributed by atoms with Crippen molar-refractivity contribution < 1.29 is 9.47 Å². The van der Waals surface area contributed by atoms with Gasteiger partial charge in [-0.1, -0.05) is 56.5 Å². The van der Waals surface area contributed by atoms with Gasteiger partial charge in [0.05, 0.1) is 6.10 Å². The van der Waals surface area contributed by atoms with E-state index in [1.54, 1.807) is 0 Å². The summed E-state index contributed by atoms with van der Waals surface area (Å²) in [6.07, 6.45) is 5.07. The molecular formula is C16H24O2. The summed E-state index contributed by atoms with van der Waals surface area (Å²) in [5.74, 6) is -0.461. The molecule has 1 saturated heterocycles. The van der Waals surface area contributed by atoms with Gasteiger partial charge in [0.15, 0.2) is 5.79 Å². The molecule has 1 aliphatic heterocycles. The molecule has 0 radical (unpaired) electrons. The summed E-state index contributed by atoms with van der Waals surface area (Å²) in [7, 11) is 0. The van der Waals surface area contributed by atoms with Crippen LogP contribution in [0.3, 0.4) is 0 Å². The third-order valence-electron chi connectivity index (χ3n) is 3.40. The van der Waals surface area contributed by atoms with Crippen LogP contribution < -0.4 is 0 Å². The van der Waals surface area contributed by atoms with E-state index in [-0.39, 0.29) is 12.2 Å². The molecule has 1 heterocycles. The van der Waals surface area contributed by atoms with E-state index in [1.165, 1.54) is 24.8 Å². The van der Waals surface area contributed by atoms with Gasteiger partial charge >= 0.3 is 0 Å². The van der Waals surface area contributed by atoms with Crippen molar-refractivity contribution in [2.24, 2.45) is 0 Å². The van der Waals surface area contributed by atoms with Gasteiger partial charge in [0, 0.05) is 0 Å². The quantitative estimate of drug-likeness (QED) is 0.716. The zero-order valence-electron chi connectivity index (χ0n) is 11.7. The molecule has 0 aromatic heterocycles. The predicted molar refractivity (Wildman–Crippen MR) is 73.4 cm³/mol. The molecule has 0 aliphatic carbocycles. The summed E-state index contributed by atoms with van der Waals surface area (Å²) in [6, 6.07) is 10.4. The summed E-state index contributed by atoms with van der Waals surface area (Å²) < 4.78 is 12.1. The lowest BCUT2D eigenvalue weighted by Crippen LogP contribution is -2.21. The normalized spacial score (nSPS) is 26.4. The Balaban J connectivity index is 2.06. The molecule has 1 fully saturated rings. The summed E-state index contributed by atoms with van der Waals surface area (Å²) in [6.45, 7) is 6.23. The Morgan fingerprint density at radius 1 is 1.06 bits per heavy atom. The molecule has 0 amide bonds. The Labute approximate surface area is 110 Å². The van der Waals surface area contributed by atoms with Crippen molar-refractivity contribution in [3.8, 4) is 0 Å². The van der Waals surface area contributed by atoms with Crippen LogP contribution in [0.2, 0.25) is 0 Å². The Hall–Kier alpha value is -0.860. The van der Waals surface area contributed by atoms with E-state index in [0.29, 0.717) is 0 Å². The van der Waals surface area contributed by atoms with Crippen LogP contribution in [0.25, 0.3) is 0 Å². The second-order valence-electron chi connectivity index (χ2n) is 5.50. The average molecular weight is 248 g/mol. The van der Waals surface area contributed by atoms with E-state index in [2.05, 4.69) is 31.2 Å². The SMILES string of the molecule is CCCCCC1OC(C)(C)OC1c1ccccc1. The second kappa shape index (κ2) is 5.85. The van der Waals surface area contributed by atoms with Gasteiger partial charge in [-0.05, 0) is 25.8 Å². The fraction of sp³-hybridized carbons (Fsp3) is 0.625. The second-order valence-corrected chi connectivity index (χ2v) is 5.50. The number of hydrogen-bond donors (Lipinski definition) is 0. The van der Waals surface area contributed by atoms with Crippen molar-refractivity contribution in [2.45, 2.75) is 64.4 Å². The highest BCUT2D eigenvalue weighted by atomic mass is 16.7. The van der Waals surface area contributed by atoms with Crippen LogP contribution in [0.4, 0.5) is 0 Å². The Morgan fingerprint density at radius 3 is 2.44 bits per heavy atom. The fourth-order valence-electron chi connectivity index (χ4n) is 2.57. The van der Waals surface area contributed by atoms with Gasteiger partial charge in [0.2, 0.25) is 0 Å². The standard InChI is InChI=1S/C16H24O2/c1-4-5-7-12-14-15(18-16(2,3)17-14)13-10-8-6-9-11-13/h6,8-11,14-15H,4-5,7,12H2,1-3H3. The topological polar surface area (TPSA) is 18.5 Å². The van der Waals surface area contributed by atoms with Crippen LogP contribution in [-0.4, -0.2) is 11.9 Å². The first-order valence-corrected chi connectivity index (χ1v) is 7.03. The van der Waals surface area contributed by atoms with Crippen LogP contribution in [-0.2, 0) is 9.47 Å². The van der Waals surface area contributed by atoms with Gasteiger partial charge in [-0.2, -0.15) is 0 Å². The van der Waals surface area contributed by atoms with Crippen molar-refractivity contribution in [3.63, 3.8) is 0 Å². The predicted octanol–water partition coefficient (Wildman–Crippen LogP) is 4.46. The van der Waals surface area contributed by atoms with Gasteiger partial charge < -0.3 is 9.47 Å². The molecule has 2 rings (SSSR count).